The molecule has 0 spiro atoms. The third-order valence-corrected chi connectivity index (χ3v) is 2.53. The van der Waals surface area contributed by atoms with E-state index in [9.17, 15) is 9.90 Å². The predicted octanol–water partition coefficient (Wildman–Crippen LogP) is 1.30. The highest BCUT2D eigenvalue weighted by atomic mass is 32.2. The van der Waals surface area contributed by atoms with Crippen LogP contribution in [0.25, 0.3) is 0 Å². The Hall–Kier alpha value is -0.220. The van der Waals surface area contributed by atoms with Crippen molar-refractivity contribution in [2.24, 2.45) is 5.92 Å². The van der Waals surface area contributed by atoms with E-state index >= 15 is 0 Å². The number of carbonyl (C=O) groups is 1. The van der Waals surface area contributed by atoms with Gasteiger partial charge in [0.15, 0.2) is 0 Å². The Morgan fingerprint density at radius 3 is 2.69 bits per heavy atom. The molecule has 0 rings (SSSR count). The van der Waals surface area contributed by atoms with Crippen LogP contribution in [-0.2, 0) is 9.53 Å². The van der Waals surface area contributed by atoms with Gasteiger partial charge in [0.05, 0.1) is 19.1 Å². The minimum absolute atomic E-state index is 0.207. The summed E-state index contributed by atoms with van der Waals surface area (Å²) in [5.41, 5.74) is 0. The lowest BCUT2D eigenvalue weighted by Crippen LogP contribution is -2.20. The molecule has 0 aliphatic heterocycles. The minimum atomic E-state index is -0.387. The van der Waals surface area contributed by atoms with Crippen LogP contribution in [-0.4, -0.2) is 36.3 Å². The summed E-state index contributed by atoms with van der Waals surface area (Å²) in [6.45, 7) is 1.77. The quantitative estimate of drug-likeness (QED) is 0.665. The molecule has 4 heteroatoms. The Balaban J connectivity index is 3.64. The van der Waals surface area contributed by atoms with E-state index in [0.29, 0.717) is 6.42 Å². The molecule has 3 nitrogen and oxygen atoms in total. The van der Waals surface area contributed by atoms with Gasteiger partial charge >= 0.3 is 5.97 Å². The molecule has 2 unspecified atom stereocenters. The standard InChI is InChI=1S/C9H18O3S/c1-7(9(11)12-2)6-8(10)4-5-13-3/h7-8,10H,4-6H2,1-3H3. The fraction of sp³-hybridized carbons (Fsp3) is 0.889. The number of carbonyl (C=O) groups excluding carboxylic acids is 1. The third kappa shape index (κ3) is 5.93. The number of hydrogen-bond donors (Lipinski definition) is 1. The SMILES string of the molecule is COC(=O)C(C)CC(O)CCSC. The van der Waals surface area contributed by atoms with Crippen LogP contribution in [0.2, 0.25) is 0 Å². The van der Waals surface area contributed by atoms with Crippen molar-refractivity contribution in [3.8, 4) is 0 Å². The van der Waals surface area contributed by atoms with Gasteiger partial charge in [0.2, 0.25) is 0 Å². The number of methoxy groups -OCH3 is 1. The monoisotopic (exact) mass is 206 g/mol. The van der Waals surface area contributed by atoms with Gasteiger partial charge in [0.1, 0.15) is 0 Å². The molecule has 0 aliphatic carbocycles. The Labute approximate surface area is 83.9 Å². The lowest BCUT2D eigenvalue weighted by Gasteiger charge is -2.13. The zero-order chi connectivity index (χ0) is 10.3. The molecule has 0 fully saturated rings. The highest BCUT2D eigenvalue weighted by Gasteiger charge is 2.17. The molecule has 0 aliphatic rings. The molecule has 13 heavy (non-hydrogen) atoms. The van der Waals surface area contributed by atoms with E-state index in [-0.39, 0.29) is 18.0 Å². The zero-order valence-corrected chi connectivity index (χ0v) is 9.26. The summed E-state index contributed by atoms with van der Waals surface area (Å²) in [6, 6.07) is 0. The first-order valence-electron chi connectivity index (χ1n) is 4.36. The molecule has 0 aromatic rings. The van der Waals surface area contributed by atoms with Crippen LogP contribution in [0.15, 0.2) is 0 Å². The van der Waals surface area contributed by atoms with Crippen molar-refractivity contribution in [1.29, 1.82) is 0 Å². The molecule has 0 bridgehead atoms. The molecular formula is C9H18O3S. The maximum atomic E-state index is 11.0. The van der Waals surface area contributed by atoms with Gasteiger partial charge in [0, 0.05) is 0 Å². The molecule has 0 aromatic heterocycles. The number of thioether (sulfide) groups is 1. The van der Waals surface area contributed by atoms with Gasteiger partial charge in [-0.1, -0.05) is 6.92 Å². The zero-order valence-electron chi connectivity index (χ0n) is 8.45. The Morgan fingerprint density at radius 2 is 2.23 bits per heavy atom. The molecular weight excluding hydrogens is 188 g/mol. The van der Waals surface area contributed by atoms with Gasteiger partial charge in [-0.05, 0) is 24.9 Å². The third-order valence-electron chi connectivity index (χ3n) is 1.88. The van der Waals surface area contributed by atoms with Crippen molar-refractivity contribution >= 4 is 17.7 Å². The number of ether oxygens (including phenoxy) is 1. The number of aliphatic hydroxyl groups excluding tert-OH is 1. The number of aliphatic hydroxyl groups is 1. The predicted molar refractivity (Wildman–Crippen MR) is 54.8 cm³/mol. The van der Waals surface area contributed by atoms with E-state index in [1.165, 1.54) is 7.11 Å². The highest BCUT2D eigenvalue weighted by Crippen LogP contribution is 2.11. The molecule has 78 valence electrons. The summed E-state index contributed by atoms with van der Waals surface area (Å²) in [5.74, 6) is 0.472. The van der Waals surface area contributed by atoms with Crippen molar-refractivity contribution in [1.82, 2.24) is 0 Å². The first kappa shape index (κ1) is 12.8. The van der Waals surface area contributed by atoms with Crippen LogP contribution in [0.4, 0.5) is 0 Å². The second kappa shape index (κ2) is 7.21. The Kier molecular flexibility index (Phi) is 7.09. The van der Waals surface area contributed by atoms with Crippen LogP contribution >= 0.6 is 11.8 Å². The number of rotatable bonds is 6. The molecule has 0 heterocycles. The van der Waals surface area contributed by atoms with Crippen LogP contribution in [0.1, 0.15) is 19.8 Å². The van der Waals surface area contributed by atoms with Gasteiger partial charge in [-0.2, -0.15) is 11.8 Å². The fourth-order valence-corrected chi connectivity index (χ4v) is 1.59. The molecule has 0 saturated heterocycles. The first-order valence-corrected chi connectivity index (χ1v) is 5.76. The second-order valence-corrected chi connectivity index (χ2v) is 4.08. The molecule has 2 atom stereocenters. The lowest BCUT2D eigenvalue weighted by atomic mass is 10.0. The highest BCUT2D eigenvalue weighted by molar-refractivity contribution is 7.98. The summed E-state index contributed by atoms with van der Waals surface area (Å²) >= 11 is 1.70. The van der Waals surface area contributed by atoms with E-state index in [4.69, 9.17) is 0 Å². The van der Waals surface area contributed by atoms with Crippen LogP contribution in [0, 0.1) is 5.92 Å². The van der Waals surface area contributed by atoms with Crippen molar-refractivity contribution in [3.63, 3.8) is 0 Å². The number of esters is 1. The van der Waals surface area contributed by atoms with Crippen LogP contribution in [0.5, 0.6) is 0 Å². The molecule has 0 aromatic carbocycles. The van der Waals surface area contributed by atoms with E-state index in [0.717, 1.165) is 12.2 Å². The van der Waals surface area contributed by atoms with E-state index < -0.39 is 0 Å². The summed E-state index contributed by atoms with van der Waals surface area (Å²) in [7, 11) is 1.37. The molecule has 0 amide bonds. The van der Waals surface area contributed by atoms with Crippen molar-refractivity contribution in [2.75, 3.05) is 19.1 Å². The second-order valence-electron chi connectivity index (χ2n) is 3.10. The lowest BCUT2D eigenvalue weighted by molar-refractivity contribution is -0.145. The summed E-state index contributed by atoms with van der Waals surface area (Å²) in [6.07, 6.45) is 2.84. The maximum Gasteiger partial charge on any atom is 0.308 e. The van der Waals surface area contributed by atoms with E-state index in [1.54, 1.807) is 18.7 Å². The summed E-state index contributed by atoms with van der Waals surface area (Å²) < 4.78 is 4.56. The molecule has 0 saturated carbocycles. The molecule has 1 N–H and O–H groups in total. The van der Waals surface area contributed by atoms with Crippen molar-refractivity contribution in [3.05, 3.63) is 0 Å². The normalized spacial score (nSPS) is 15.1. The summed E-state index contributed by atoms with van der Waals surface area (Å²) in [4.78, 5) is 11.0. The van der Waals surface area contributed by atoms with E-state index in [2.05, 4.69) is 4.74 Å². The van der Waals surface area contributed by atoms with Gasteiger partial charge in [0.25, 0.3) is 0 Å². The maximum absolute atomic E-state index is 11.0. The average Bonchev–Trinajstić information content (AvgIpc) is 2.13. The molecule has 0 radical (unpaired) electrons. The average molecular weight is 206 g/mol. The van der Waals surface area contributed by atoms with Crippen LogP contribution in [0.3, 0.4) is 0 Å². The fourth-order valence-electron chi connectivity index (χ4n) is 1.08. The minimum Gasteiger partial charge on any atom is -0.469 e. The van der Waals surface area contributed by atoms with Crippen LogP contribution < -0.4 is 0 Å². The largest absolute Gasteiger partial charge is 0.469 e. The van der Waals surface area contributed by atoms with Crippen molar-refractivity contribution < 1.29 is 14.6 Å². The Bertz CT molecular complexity index is 150. The van der Waals surface area contributed by atoms with Gasteiger partial charge in [-0.25, -0.2) is 0 Å². The summed E-state index contributed by atoms with van der Waals surface area (Å²) in [5, 5.41) is 9.47. The Morgan fingerprint density at radius 1 is 1.62 bits per heavy atom. The number of hydrogen-bond acceptors (Lipinski definition) is 4. The smallest absolute Gasteiger partial charge is 0.308 e. The topological polar surface area (TPSA) is 46.5 Å². The van der Waals surface area contributed by atoms with E-state index in [1.807, 2.05) is 6.26 Å². The van der Waals surface area contributed by atoms with Crippen molar-refractivity contribution in [2.45, 2.75) is 25.9 Å². The van der Waals surface area contributed by atoms with Gasteiger partial charge < -0.3 is 9.84 Å². The van der Waals surface area contributed by atoms with Gasteiger partial charge in [-0.3, -0.25) is 4.79 Å². The van der Waals surface area contributed by atoms with Gasteiger partial charge in [-0.15, -0.1) is 0 Å². The first-order chi connectivity index (χ1) is 6.11.